The van der Waals surface area contributed by atoms with Gasteiger partial charge in [0.2, 0.25) is 0 Å². The smallest absolute Gasteiger partial charge is 0.261 e. The van der Waals surface area contributed by atoms with Gasteiger partial charge in [-0.2, -0.15) is 0 Å². The third kappa shape index (κ3) is 1.61. The van der Waals surface area contributed by atoms with E-state index in [-0.39, 0.29) is 5.91 Å². The van der Waals surface area contributed by atoms with Gasteiger partial charge in [-0.25, -0.2) is 0 Å². The summed E-state index contributed by atoms with van der Waals surface area (Å²) < 4.78 is 0. The van der Waals surface area contributed by atoms with Crippen molar-refractivity contribution >= 4 is 38.4 Å². The van der Waals surface area contributed by atoms with Crippen molar-refractivity contribution in [2.24, 2.45) is 0 Å². The molecule has 0 saturated carbocycles. The third-order valence-electron chi connectivity index (χ3n) is 2.76. The van der Waals surface area contributed by atoms with Crippen LogP contribution in [0.2, 0.25) is 0 Å². The van der Waals surface area contributed by atoms with Crippen molar-refractivity contribution < 1.29 is 4.79 Å². The van der Waals surface area contributed by atoms with Crippen LogP contribution >= 0.6 is 11.3 Å². The zero-order valence-corrected chi connectivity index (χ0v) is 10.2. The first-order chi connectivity index (χ1) is 8.29. The molecule has 0 atom stereocenters. The molecule has 2 N–H and O–H groups in total. The average Bonchev–Trinajstić information content (AvgIpc) is 2.86. The van der Waals surface area contributed by atoms with E-state index < -0.39 is 0 Å². The summed E-state index contributed by atoms with van der Waals surface area (Å²) in [7, 11) is 0. The summed E-state index contributed by atoms with van der Waals surface area (Å²) in [5, 5.41) is 5.12. The monoisotopic (exact) mass is 244 g/mol. The molecule has 1 amide bonds. The van der Waals surface area contributed by atoms with Crippen LogP contribution in [0.4, 0.5) is 0 Å². The molecule has 3 nitrogen and oxygen atoms in total. The number of H-pyrrole nitrogens is 1. The molecule has 3 aromatic rings. The van der Waals surface area contributed by atoms with E-state index in [1.165, 1.54) is 16.7 Å². The Bertz CT molecular complexity index is 696. The van der Waals surface area contributed by atoms with E-state index in [9.17, 15) is 4.79 Å². The molecular weight excluding hydrogens is 232 g/mol. The lowest BCUT2D eigenvalue weighted by molar-refractivity contribution is 0.0960. The number of aromatic amines is 1. The predicted molar refractivity (Wildman–Crippen MR) is 71.7 cm³/mol. The van der Waals surface area contributed by atoms with Crippen LogP contribution in [-0.4, -0.2) is 17.4 Å². The predicted octanol–water partition coefficient (Wildman–Crippen LogP) is 3.13. The van der Waals surface area contributed by atoms with Crippen LogP contribution in [-0.2, 0) is 0 Å². The highest BCUT2D eigenvalue weighted by molar-refractivity contribution is 7.20. The van der Waals surface area contributed by atoms with Crippen molar-refractivity contribution in [1.29, 1.82) is 0 Å². The van der Waals surface area contributed by atoms with Gasteiger partial charge in [0.05, 0.1) is 4.88 Å². The quantitative estimate of drug-likeness (QED) is 0.714. The number of thiophene rings is 1. The molecule has 0 bridgehead atoms. The summed E-state index contributed by atoms with van der Waals surface area (Å²) in [6.45, 7) is 2.58. The van der Waals surface area contributed by atoms with E-state index in [1.807, 2.05) is 31.2 Å². The number of hydrogen-bond acceptors (Lipinski definition) is 2. The maximum Gasteiger partial charge on any atom is 0.261 e. The molecule has 0 unspecified atom stereocenters. The summed E-state index contributed by atoms with van der Waals surface area (Å²) in [5.74, 6) is 0.00572. The van der Waals surface area contributed by atoms with E-state index in [2.05, 4.69) is 16.4 Å². The Hall–Kier alpha value is -1.81. The first-order valence-corrected chi connectivity index (χ1v) is 6.39. The van der Waals surface area contributed by atoms with Gasteiger partial charge in [-0.1, -0.05) is 18.2 Å². The molecule has 0 aliphatic rings. The van der Waals surface area contributed by atoms with Gasteiger partial charge in [0, 0.05) is 22.8 Å². The van der Waals surface area contributed by atoms with Crippen molar-refractivity contribution in [2.45, 2.75) is 6.92 Å². The molecule has 0 radical (unpaired) electrons. The lowest BCUT2D eigenvalue weighted by atomic mass is 10.2. The SMILES string of the molecule is CCNC(=O)c1cc2c([nH]c3ccccc32)s1. The van der Waals surface area contributed by atoms with Crippen molar-refractivity contribution in [3.63, 3.8) is 0 Å². The lowest BCUT2D eigenvalue weighted by Crippen LogP contribution is -2.21. The van der Waals surface area contributed by atoms with E-state index in [0.29, 0.717) is 6.54 Å². The van der Waals surface area contributed by atoms with E-state index in [0.717, 1.165) is 20.6 Å². The molecule has 2 heterocycles. The first kappa shape index (κ1) is 10.4. The van der Waals surface area contributed by atoms with Crippen LogP contribution in [0.1, 0.15) is 16.6 Å². The molecule has 0 fully saturated rings. The number of fused-ring (bicyclic) bond motifs is 3. The highest BCUT2D eigenvalue weighted by Crippen LogP contribution is 2.31. The maximum absolute atomic E-state index is 11.7. The first-order valence-electron chi connectivity index (χ1n) is 5.58. The fraction of sp³-hybridized carbons (Fsp3) is 0.154. The molecule has 0 spiro atoms. The highest BCUT2D eigenvalue weighted by Gasteiger charge is 2.12. The third-order valence-corrected chi connectivity index (χ3v) is 3.81. The highest BCUT2D eigenvalue weighted by atomic mass is 32.1. The molecule has 0 aliphatic heterocycles. The Morgan fingerprint density at radius 3 is 3.00 bits per heavy atom. The number of carbonyl (C=O) groups excluding carboxylic acids is 1. The second kappa shape index (κ2) is 3.89. The standard InChI is InChI=1S/C13H12N2OS/c1-2-14-12(16)11-7-9-8-5-3-4-6-10(8)15-13(9)17-11/h3-7,15H,2H2,1H3,(H,14,16). The van der Waals surface area contributed by atoms with Gasteiger partial charge in [-0.3, -0.25) is 4.79 Å². The van der Waals surface area contributed by atoms with Crippen LogP contribution in [0.5, 0.6) is 0 Å². The van der Waals surface area contributed by atoms with Gasteiger partial charge < -0.3 is 10.3 Å². The summed E-state index contributed by atoms with van der Waals surface area (Å²) in [4.78, 5) is 16.9. The molecule has 86 valence electrons. The van der Waals surface area contributed by atoms with Gasteiger partial charge in [0.1, 0.15) is 4.83 Å². The Kier molecular flexibility index (Phi) is 2.37. The Labute approximate surface area is 102 Å². The van der Waals surface area contributed by atoms with Crippen LogP contribution < -0.4 is 5.32 Å². The Morgan fingerprint density at radius 1 is 1.35 bits per heavy atom. The molecule has 3 rings (SSSR count). The second-order valence-corrected chi connectivity index (χ2v) is 4.94. The fourth-order valence-electron chi connectivity index (χ4n) is 1.99. The Balaban J connectivity index is 2.17. The number of aromatic nitrogens is 1. The van der Waals surface area contributed by atoms with Crippen molar-refractivity contribution in [1.82, 2.24) is 10.3 Å². The van der Waals surface area contributed by atoms with Crippen LogP contribution in [0.25, 0.3) is 21.1 Å². The van der Waals surface area contributed by atoms with E-state index in [1.54, 1.807) is 0 Å². The zero-order chi connectivity index (χ0) is 11.8. The lowest BCUT2D eigenvalue weighted by Gasteiger charge is -1.96. The van der Waals surface area contributed by atoms with Crippen molar-refractivity contribution in [3.8, 4) is 0 Å². The number of hydrogen-bond donors (Lipinski definition) is 2. The van der Waals surface area contributed by atoms with Gasteiger partial charge in [0.15, 0.2) is 0 Å². The number of rotatable bonds is 2. The van der Waals surface area contributed by atoms with E-state index in [4.69, 9.17) is 0 Å². The Morgan fingerprint density at radius 2 is 2.18 bits per heavy atom. The van der Waals surface area contributed by atoms with Crippen LogP contribution in [0.3, 0.4) is 0 Å². The van der Waals surface area contributed by atoms with Gasteiger partial charge in [-0.15, -0.1) is 11.3 Å². The van der Waals surface area contributed by atoms with Crippen molar-refractivity contribution in [3.05, 3.63) is 35.2 Å². The minimum Gasteiger partial charge on any atom is -0.352 e. The second-order valence-electron chi connectivity index (χ2n) is 3.88. The normalized spacial score (nSPS) is 11.1. The number of carbonyl (C=O) groups is 1. The van der Waals surface area contributed by atoms with E-state index >= 15 is 0 Å². The summed E-state index contributed by atoms with van der Waals surface area (Å²) in [6.07, 6.45) is 0. The van der Waals surface area contributed by atoms with Gasteiger partial charge in [-0.05, 0) is 19.1 Å². The van der Waals surface area contributed by atoms with Gasteiger partial charge in [0.25, 0.3) is 5.91 Å². The molecule has 0 aliphatic carbocycles. The summed E-state index contributed by atoms with van der Waals surface area (Å²) in [5.41, 5.74) is 1.12. The minimum absolute atomic E-state index is 0.00572. The average molecular weight is 244 g/mol. The number of benzene rings is 1. The minimum atomic E-state index is 0.00572. The maximum atomic E-state index is 11.7. The summed E-state index contributed by atoms with van der Waals surface area (Å²) in [6, 6.07) is 10.1. The molecule has 4 heteroatoms. The number of amides is 1. The molecule has 1 aromatic carbocycles. The topological polar surface area (TPSA) is 44.9 Å². The number of para-hydroxylation sites is 1. The van der Waals surface area contributed by atoms with Gasteiger partial charge >= 0.3 is 0 Å². The van der Waals surface area contributed by atoms with Crippen molar-refractivity contribution in [2.75, 3.05) is 6.54 Å². The van der Waals surface area contributed by atoms with Crippen LogP contribution in [0.15, 0.2) is 30.3 Å². The number of nitrogens with one attached hydrogen (secondary N) is 2. The fourth-order valence-corrected chi connectivity index (χ4v) is 2.99. The largest absolute Gasteiger partial charge is 0.352 e. The zero-order valence-electron chi connectivity index (χ0n) is 9.41. The summed E-state index contributed by atoms with van der Waals surface area (Å²) >= 11 is 1.50. The molecule has 17 heavy (non-hydrogen) atoms. The van der Waals surface area contributed by atoms with Crippen LogP contribution in [0, 0.1) is 0 Å². The molecule has 2 aromatic heterocycles. The molecule has 0 saturated heterocycles. The molecular formula is C13H12N2OS.